The number of carbonyl (C=O) groups is 2. The third kappa shape index (κ3) is 4.04. The normalized spacial score (nSPS) is 10.1. The average Bonchev–Trinajstić information content (AvgIpc) is 2.44. The van der Waals surface area contributed by atoms with Crippen molar-refractivity contribution in [1.82, 2.24) is 0 Å². The highest BCUT2D eigenvalue weighted by molar-refractivity contribution is 6.42. The Morgan fingerprint density at radius 2 is 1.64 bits per heavy atom. The monoisotopic (exact) mass is 358 g/mol. The van der Waals surface area contributed by atoms with Gasteiger partial charge in [0, 0.05) is 10.7 Å². The van der Waals surface area contributed by atoms with Gasteiger partial charge in [-0.3, -0.25) is 0 Å². The van der Waals surface area contributed by atoms with Crippen LogP contribution in [0.15, 0.2) is 36.4 Å². The molecule has 0 radical (unpaired) electrons. The van der Waals surface area contributed by atoms with E-state index in [9.17, 15) is 9.59 Å². The largest absolute Gasteiger partial charge is 0.478 e. The summed E-state index contributed by atoms with van der Waals surface area (Å²) in [5, 5.41) is 15.0. The minimum Gasteiger partial charge on any atom is -0.478 e. The molecule has 0 spiro atoms. The fraction of sp³-hybridized carbons (Fsp3) is 0. The second kappa shape index (κ2) is 6.87. The second-order valence-electron chi connectivity index (χ2n) is 4.20. The molecule has 0 aromatic heterocycles. The van der Waals surface area contributed by atoms with E-state index in [-0.39, 0.29) is 21.3 Å². The maximum absolute atomic E-state index is 11.9. The van der Waals surface area contributed by atoms with Gasteiger partial charge in [0.15, 0.2) is 0 Å². The van der Waals surface area contributed by atoms with Crippen molar-refractivity contribution in [3.05, 3.63) is 57.0 Å². The zero-order chi connectivity index (χ0) is 16.3. The number of hydrogen-bond acceptors (Lipinski definition) is 2. The van der Waals surface area contributed by atoms with Gasteiger partial charge in [0.05, 0.1) is 21.3 Å². The van der Waals surface area contributed by atoms with Crippen LogP contribution in [0.25, 0.3) is 0 Å². The first kappa shape index (κ1) is 16.4. The fourth-order valence-corrected chi connectivity index (χ4v) is 2.13. The summed E-state index contributed by atoms with van der Waals surface area (Å²) in [6, 6.07) is 8.08. The molecule has 0 saturated heterocycles. The van der Waals surface area contributed by atoms with Crippen LogP contribution in [0.3, 0.4) is 0 Å². The zero-order valence-electron chi connectivity index (χ0n) is 10.9. The highest BCUT2D eigenvalue weighted by Gasteiger charge is 2.13. The van der Waals surface area contributed by atoms with Crippen LogP contribution < -0.4 is 10.6 Å². The number of amides is 2. The smallest absolute Gasteiger partial charge is 0.337 e. The number of halogens is 3. The van der Waals surface area contributed by atoms with Crippen LogP contribution in [0.2, 0.25) is 15.1 Å². The molecule has 3 N–H and O–H groups in total. The van der Waals surface area contributed by atoms with Crippen LogP contribution in [-0.2, 0) is 0 Å². The summed E-state index contributed by atoms with van der Waals surface area (Å²) in [4.78, 5) is 23.0. The predicted octanol–water partition coefficient (Wildman–Crippen LogP) is 4.99. The molecule has 0 unspecified atom stereocenters. The third-order valence-corrected chi connectivity index (χ3v) is 3.61. The molecule has 2 aromatic carbocycles. The van der Waals surface area contributed by atoms with Gasteiger partial charge in [-0.05, 0) is 36.4 Å². The number of carboxylic acids is 1. The highest BCUT2D eigenvalue weighted by Crippen LogP contribution is 2.25. The maximum atomic E-state index is 11.9. The van der Waals surface area contributed by atoms with E-state index in [1.165, 1.54) is 30.3 Å². The topological polar surface area (TPSA) is 78.4 Å². The summed E-state index contributed by atoms with van der Waals surface area (Å²) in [5.41, 5.74) is 0.420. The van der Waals surface area contributed by atoms with Crippen molar-refractivity contribution >= 4 is 58.2 Å². The molecule has 2 amide bonds. The molecule has 0 aliphatic heterocycles. The summed E-state index contributed by atoms with van der Waals surface area (Å²) in [7, 11) is 0. The number of urea groups is 1. The van der Waals surface area contributed by atoms with Crippen LogP contribution in [-0.4, -0.2) is 17.1 Å². The molecule has 0 atom stereocenters. The molecule has 2 rings (SSSR count). The molecular formula is C14H9Cl3N2O3. The van der Waals surface area contributed by atoms with Gasteiger partial charge in [-0.15, -0.1) is 0 Å². The Kier molecular flexibility index (Phi) is 5.13. The quantitative estimate of drug-likeness (QED) is 0.722. The molecule has 5 nitrogen and oxygen atoms in total. The van der Waals surface area contributed by atoms with Crippen molar-refractivity contribution < 1.29 is 14.7 Å². The first-order valence-corrected chi connectivity index (χ1v) is 7.06. The minimum atomic E-state index is -1.20. The molecule has 0 heterocycles. The van der Waals surface area contributed by atoms with Crippen LogP contribution in [0, 0.1) is 0 Å². The molecule has 22 heavy (non-hydrogen) atoms. The number of carboxylic acid groups (broad SMARTS) is 1. The SMILES string of the molecule is O=C(Nc1ccc(Cl)c(Cl)c1)Nc1ccc(Cl)cc1C(=O)O. The molecule has 114 valence electrons. The van der Waals surface area contributed by atoms with E-state index in [1.807, 2.05) is 0 Å². The van der Waals surface area contributed by atoms with Gasteiger partial charge >= 0.3 is 12.0 Å². The molecule has 0 aliphatic carbocycles. The molecule has 0 aliphatic rings. The Labute approximate surface area is 140 Å². The molecule has 0 fully saturated rings. The van der Waals surface area contributed by atoms with E-state index in [1.54, 1.807) is 6.07 Å². The zero-order valence-corrected chi connectivity index (χ0v) is 13.1. The number of nitrogens with one attached hydrogen (secondary N) is 2. The summed E-state index contributed by atoms with van der Waals surface area (Å²) in [6.07, 6.45) is 0. The predicted molar refractivity (Wildman–Crippen MR) is 87.5 cm³/mol. The lowest BCUT2D eigenvalue weighted by molar-refractivity contribution is 0.0698. The van der Waals surface area contributed by atoms with Gasteiger partial charge in [-0.25, -0.2) is 9.59 Å². The van der Waals surface area contributed by atoms with Crippen molar-refractivity contribution in [2.45, 2.75) is 0 Å². The van der Waals surface area contributed by atoms with Crippen molar-refractivity contribution in [2.75, 3.05) is 10.6 Å². The molecular weight excluding hydrogens is 351 g/mol. The standard InChI is InChI=1S/C14H9Cl3N2O3/c15-7-1-4-12(9(5-7)13(20)21)19-14(22)18-8-2-3-10(16)11(17)6-8/h1-6H,(H,20,21)(H2,18,19,22). The van der Waals surface area contributed by atoms with Gasteiger partial charge in [0.2, 0.25) is 0 Å². The Morgan fingerprint density at radius 1 is 0.909 bits per heavy atom. The van der Waals surface area contributed by atoms with Gasteiger partial charge < -0.3 is 15.7 Å². The lowest BCUT2D eigenvalue weighted by Crippen LogP contribution is -2.21. The second-order valence-corrected chi connectivity index (χ2v) is 5.45. The number of hydrogen-bond donors (Lipinski definition) is 3. The van der Waals surface area contributed by atoms with E-state index in [4.69, 9.17) is 39.9 Å². The van der Waals surface area contributed by atoms with E-state index in [0.717, 1.165) is 0 Å². The number of aromatic carboxylic acids is 1. The fourth-order valence-electron chi connectivity index (χ4n) is 1.66. The summed E-state index contributed by atoms with van der Waals surface area (Å²) in [5.74, 6) is -1.20. The summed E-state index contributed by atoms with van der Waals surface area (Å²) < 4.78 is 0. The van der Waals surface area contributed by atoms with Crippen molar-refractivity contribution in [1.29, 1.82) is 0 Å². The Balaban J connectivity index is 2.15. The molecule has 0 saturated carbocycles. The summed E-state index contributed by atoms with van der Waals surface area (Å²) >= 11 is 17.4. The van der Waals surface area contributed by atoms with Crippen LogP contribution >= 0.6 is 34.8 Å². The Morgan fingerprint density at radius 3 is 2.27 bits per heavy atom. The lowest BCUT2D eigenvalue weighted by Gasteiger charge is -2.10. The van der Waals surface area contributed by atoms with Crippen molar-refractivity contribution in [3.8, 4) is 0 Å². The Bertz CT molecular complexity index is 750. The van der Waals surface area contributed by atoms with Crippen LogP contribution in [0.1, 0.15) is 10.4 Å². The molecule has 2 aromatic rings. The number of carbonyl (C=O) groups excluding carboxylic acids is 1. The highest BCUT2D eigenvalue weighted by atomic mass is 35.5. The molecule has 8 heteroatoms. The van der Waals surface area contributed by atoms with Crippen molar-refractivity contribution in [3.63, 3.8) is 0 Å². The van der Waals surface area contributed by atoms with Crippen LogP contribution in [0.4, 0.5) is 16.2 Å². The first-order valence-electron chi connectivity index (χ1n) is 5.92. The van der Waals surface area contributed by atoms with E-state index in [0.29, 0.717) is 10.7 Å². The van der Waals surface area contributed by atoms with Crippen molar-refractivity contribution in [2.24, 2.45) is 0 Å². The number of anilines is 2. The first-order chi connectivity index (χ1) is 10.4. The maximum Gasteiger partial charge on any atom is 0.337 e. The van der Waals surface area contributed by atoms with Gasteiger partial charge in [-0.2, -0.15) is 0 Å². The number of benzene rings is 2. The van der Waals surface area contributed by atoms with Crippen LogP contribution in [0.5, 0.6) is 0 Å². The minimum absolute atomic E-state index is 0.114. The van der Waals surface area contributed by atoms with Gasteiger partial charge in [0.25, 0.3) is 0 Å². The van der Waals surface area contributed by atoms with E-state index >= 15 is 0 Å². The van der Waals surface area contributed by atoms with Gasteiger partial charge in [-0.1, -0.05) is 34.8 Å². The average molecular weight is 360 g/mol. The van der Waals surface area contributed by atoms with E-state index in [2.05, 4.69) is 10.6 Å². The summed E-state index contributed by atoms with van der Waals surface area (Å²) in [6.45, 7) is 0. The van der Waals surface area contributed by atoms with Gasteiger partial charge in [0.1, 0.15) is 0 Å². The molecule has 0 bridgehead atoms. The third-order valence-electron chi connectivity index (χ3n) is 2.64. The number of rotatable bonds is 3. The van der Waals surface area contributed by atoms with E-state index < -0.39 is 12.0 Å². The lowest BCUT2D eigenvalue weighted by atomic mass is 10.2. The Hall–Kier alpha value is -1.95.